The minimum Gasteiger partial charge on any atom is -0.319 e. The van der Waals surface area contributed by atoms with Crippen LogP contribution in [0.5, 0.6) is 0 Å². The number of aromatic nitrogens is 3. The number of nitrogens with one attached hydrogen (secondary N) is 2. The number of rotatable bonds is 2. The molecule has 2 aromatic heterocycles. The van der Waals surface area contributed by atoms with Crippen molar-refractivity contribution in [2.75, 3.05) is 5.32 Å². The molecule has 0 aliphatic carbocycles. The maximum absolute atomic E-state index is 13.7. The van der Waals surface area contributed by atoms with Crippen LogP contribution in [-0.4, -0.2) is 20.4 Å². The Kier molecular flexibility index (Phi) is 3.90. The van der Waals surface area contributed by atoms with Gasteiger partial charge in [0, 0.05) is 18.3 Å². The van der Waals surface area contributed by atoms with Crippen LogP contribution in [0.25, 0.3) is 11.0 Å². The lowest BCUT2D eigenvalue weighted by atomic mass is 10.2. The molecule has 3 aromatic rings. The van der Waals surface area contributed by atoms with Crippen molar-refractivity contribution < 1.29 is 9.18 Å². The summed E-state index contributed by atoms with van der Waals surface area (Å²) in [6.07, 6.45) is 1.20. The predicted molar refractivity (Wildman–Crippen MR) is 87.0 cm³/mol. The Morgan fingerprint density at radius 1 is 1.33 bits per heavy atom. The van der Waals surface area contributed by atoms with E-state index in [4.69, 9.17) is 11.6 Å². The number of amides is 1. The van der Waals surface area contributed by atoms with Gasteiger partial charge in [-0.15, -0.1) is 0 Å². The van der Waals surface area contributed by atoms with E-state index in [1.807, 2.05) is 0 Å². The van der Waals surface area contributed by atoms with E-state index in [1.54, 1.807) is 0 Å². The van der Waals surface area contributed by atoms with Crippen LogP contribution < -0.4 is 16.6 Å². The highest BCUT2D eigenvalue weighted by atomic mass is 35.5. The minimum atomic E-state index is -0.690. The minimum absolute atomic E-state index is 0.0426. The Balaban J connectivity index is 2.02. The van der Waals surface area contributed by atoms with Crippen LogP contribution in [0, 0.1) is 5.82 Å². The molecular formula is C15H10ClFN4O3. The van der Waals surface area contributed by atoms with Crippen LogP contribution in [0.2, 0.25) is 5.02 Å². The molecule has 0 aliphatic heterocycles. The van der Waals surface area contributed by atoms with Crippen molar-refractivity contribution in [1.29, 1.82) is 0 Å². The molecule has 1 aromatic carbocycles. The molecule has 24 heavy (non-hydrogen) atoms. The summed E-state index contributed by atoms with van der Waals surface area (Å²) in [5.74, 6) is -1.34. The number of fused-ring (bicyclic) bond motifs is 1. The first kappa shape index (κ1) is 15.9. The van der Waals surface area contributed by atoms with Crippen molar-refractivity contribution in [3.8, 4) is 0 Å². The molecule has 0 saturated heterocycles. The number of nitrogens with zero attached hydrogens (tertiary/aromatic N) is 2. The van der Waals surface area contributed by atoms with Crippen molar-refractivity contribution in [2.24, 2.45) is 7.05 Å². The van der Waals surface area contributed by atoms with Gasteiger partial charge in [0.1, 0.15) is 11.5 Å². The quantitative estimate of drug-likeness (QED) is 0.736. The number of aryl methyl sites for hydroxylation is 1. The Labute approximate surface area is 138 Å². The molecule has 0 radical (unpaired) electrons. The highest BCUT2D eigenvalue weighted by Crippen LogP contribution is 2.19. The van der Waals surface area contributed by atoms with Crippen molar-refractivity contribution in [3.05, 3.63) is 67.7 Å². The lowest BCUT2D eigenvalue weighted by molar-refractivity contribution is 0.102. The summed E-state index contributed by atoms with van der Waals surface area (Å²) < 4.78 is 14.9. The summed E-state index contributed by atoms with van der Waals surface area (Å²) in [5.41, 5.74) is -1.15. The topological polar surface area (TPSA) is 96.9 Å². The molecule has 3 rings (SSSR count). The molecule has 7 nitrogen and oxygen atoms in total. The molecule has 0 saturated carbocycles. The number of anilines is 1. The largest absolute Gasteiger partial charge is 0.329 e. The number of halogens is 2. The van der Waals surface area contributed by atoms with Gasteiger partial charge >= 0.3 is 5.69 Å². The average Bonchev–Trinajstić information content (AvgIpc) is 2.55. The first-order valence-corrected chi connectivity index (χ1v) is 7.10. The third-order valence-electron chi connectivity index (χ3n) is 3.40. The van der Waals surface area contributed by atoms with Crippen LogP contribution in [0.4, 0.5) is 10.1 Å². The highest BCUT2D eigenvalue weighted by molar-refractivity contribution is 6.30. The number of hydrogen-bond acceptors (Lipinski definition) is 4. The van der Waals surface area contributed by atoms with Gasteiger partial charge < -0.3 is 5.32 Å². The van der Waals surface area contributed by atoms with Gasteiger partial charge in [0.25, 0.3) is 11.5 Å². The molecule has 0 fully saturated rings. The third-order valence-corrected chi connectivity index (χ3v) is 3.63. The van der Waals surface area contributed by atoms with Crippen LogP contribution in [0.3, 0.4) is 0 Å². The van der Waals surface area contributed by atoms with Crippen molar-refractivity contribution in [1.82, 2.24) is 14.5 Å². The van der Waals surface area contributed by atoms with Gasteiger partial charge in [0.05, 0.1) is 16.6 Å². The Morgan fingerprint density at radius 2 is 2.08 bits per heavy atom. The molecule has 0 atom stereocenters. The Morgan fingerprint density at radius 3 is 2.79 bits per heavy atom. The summed E-state index contributed by atoms with van der Waals surface area (Å²) in [7, 11) is 1.44. The number of carbonyl (C=O) groups is 1. The van der Waals surface area contributed by atoms with E-state index in [0.717, 1.165) is 10.6 Å². The fourth-order valence-electron chi connectivity index (χ4n) is 2.15. The third kappa shape index (κ3) is 2.79. The first-order valence-electron chi connectivity index (χ1n) is 6.72. The van der Waals surface area contributed by atoms with Crippen LogP contribution in [0.15, 0.2) is 40.1 Å². The van der Waals surface area contributed by atoms with E-state index < -0.39 is 23.0 Å². The van der Waals surface area contributed by atoms with Gasteiger partial charge in [-0.3, -0.25) is 19.1 Å². The van der Waals surface area contributed by atoms with E-state index in [-0.39, 0.29) is 27.3 Å². The zero-order chi connectivity index (χ0) is 17.4. The molecular weight excluding hydrogens is 339 g/mol. The summed E-state index contributed by atoms with van der Waals surface area (Å²) in [4.78, 5) is 41.7. The average molecular weight is 349 g/mol. The Bertz CT molecular complexity index is 1090. The monoisotopic (exact) mass is 348 g/mol. The number of H-pyrrole nitrogens is 1. The second-order valence-corrected chi connectivity index (χ2v) is 5.43. The molecule has 2 N–H and O–H groups in total. The van der Waals surface area contributed by atoms with Gasteiger partial charge in [0.15, 0.2) is 0 Å². The summed E-state index contributed by atoms with van der Waals surface area (Å²) >= 11 is 5.65. The first-order chi connectivity index (χ1) is 11.4. The van der Waals surface area contributed by atoms with E-state index >= 15 is 0 Å². The standard InChI is InChI=1S/C15H10ClFN4O3/c1-21-12-9(14(23)20-15(21)24)4-7(6-18-12)13(22)19-11-3-2-8(16)5-10(11)17/h2-6H,1H3,(H,19,22)(H,20,23,24). The van der Waals surface area contributed by atoms with E-state index in [2.05, 4.69) is 15.3 Å². The van der Waals surface area contributed by atoms with Gasteiger partial charge in [-0.05, 0) is 24.3 Å². The number of carbonyl (C=O) groups excluding carboxylic acids is 1. The highest BCUT2D eigenvalue weighted by Gasteiger charge is 2.13. The molecule has 0 aliphatic rings. The van der Waals surface area contributed by atoms with E-state index in [0.29, 0.717) is 0 Å². The summed E-state index contributed by atoms with van der Waals surface area (Å²) in [6, 6.07) is 5.10. The molecule has 1 amide bonds. The van der Waals surface area contributed by atoms with Crippen molar-refractivity contribution in [2.45, 2.75) is 0 Å². The lowest BCUT2D eigenvalue weighted by Crippen LogP contribution is -2.29. The zero-order valence-electron chi connectivity index (χ0n) is 12.3. The fraction of sp³-hybridized carbons (Fsp3) is 0.0667. The molecule has 0 unspecified atom stereocenters. The summed E-state index contributed by atoms with van der Waals surface area (Å²) in [6.45, 7) is 0. The molecule has 0 bridgehead atoms. The smallest absolute Gasteiger partial charge is 0.319 e. The van der Waals surface area contributed by atoms with Gasteiger partial charge in [-0.1, -0.05) is 11.6 Å². The predicted octanol–water partition coefficient (Wildman–Crippen LogP) is 1.67. The molecule has 9 heteroatoms. The van der Waals surface area contributed by atoms with Crippen LogP contribution in [0.1, 0.15) is 10.4 Å². The number of hydrogen-bond donors (Lipinski definition) is 2. The van der Waals surface area contributed by atoms with Gasteiger partial charge in [-0.2, -0.15) is 0 Å². The Hall–Kier alpha value is -3.00. The number of benzene rings is 1. The summed E-state index contributed by atoms with van der Waals surface area (Å²) in [5, 5.41) is 2.64. The lowest BCUT2D eigenvalue weighted by Gasteiger charge is -2.08. The number of pyridine rings is 1. The van der Waals surface area contributed by atoms with Crippen LogP contribution >= 0.6 is 11.6 Å². The normalized spacial score (nSPS) is 10.8. The van der Waals surface area contributed by atoms with Crippen molar-refractivity contribution in [3.63, 3.8) is 0 Å². The van der Waals surface area contributed by atoms with Crippen LogP contribution in [-0.2, 0) is 7.05 Å². The second-order valence-electron chi connectivity index (χ2n) is 4.99. The molecule has 2 heterocycles. The molecule has 0 spiro atoms. The second kappa shape index (κ2) is 5.89. The number of aromatic amines is 1. The van der Waals surface area contributed by atoms with Crippen molar-refractivity contribution >= 4 is 34.2 Å². The zero-order valence-corrected chi connectivity index (χ0v) is 13.0. The maximum Gasteiger partial charge on any atom is 0.329 e. The van der Waals surface area contributed by atoms with Gasteiger partial charge in [0.2, 0.25) is 0 Å². The van der Waals surface area contributed by atoms with E-state index in [9.17, 15) is 18.8 Å². The van der Waals surface area contributed by atoms with Gasteiger partial charge in [-0.25, -0.2) is 14.2 Å². The maximum atomic E-state index is 13.7. The molecule has 122 valence electrons. The SMILES string of the molecule is Cn1c(=O)[nH]c(=O)c2cc(C(=O)Nc3ccc(Cl)cc3F)cnc21. The van der Waals surface area contributed by atoms with E-state index in [1.165, 1.54) is 31.4 Å². The fourth-order valence-corrected chi connectivity index (χ4v) is 2.30.